The maximum atomic E-state index is 12.8. The van der Waals surface area contributed by atoms with E-state index in [0.717, 1.165) is 5.56 Å². The Labute approximate surface area is 176 Å². The normalized spacial score (nSPS) is 15.4. The number of amides is 2. The average molecular weight is 420 g/mol. The van der Waals surface area contributed by atoms with Gasteiger partial charge in [-0.1, -0.05) is 30.3 Å². The first-order chi connectivity index (χ1) is 13.6. The highest BCUT2D eigenvalue weighted by atomic mass is 35.5. The van der Waals surface area contributed by atoms with E-state index in [0.29, 0.717) is 30.2 Å². The molecule has 0 spiro atoms. The third-order valence-corrected chi connectivity index (χ3v) is 4.42. The molecule has 2 amide bonds. The van der Waals surface area contributed by atoms with Gasteiger partial charge in [0.1, 0.15) is 29.5 Å². The van der Waals surface area contributed by atoms with E-state index in [1.165, 1.54) is 0 Å². The Bertz CT molecular complexity index is 822. The molecule has 0 unspecified atom stereocenters. The molecule has 2 rings (SSSR count). The van der Waals surface area contributed by atoms with E-state index < -0.39 is 29.2 Å². The predicted octanol–water partition coefficient (Wildman–Crippen LogP) is 3.51. The maximum Gasteiger partial charge on any atom is 0.408 e. The Morgan fingerprint density at radius 1 is 1.41 bits per heavy atom. The SMILES string of the molecule is C=CCOc1ccc(C[C@H](NC(=O)OC(C)(C)C)C(=O)NC2(C#N)CC2)cc1Cl. The molecule has 1 saturated carbocycles. The van der Waals surface area contributed by atoms with Gasteiger partial charge in [0.25, 0.3) is 0 Å². The third-order valence-electron chi connectivity index (χ3n) is 4.13. The minimum Gasteiger partial charge on any atom is -0.488 e. The number of hydrogen-bond donors (Lipinski definition) is 2. The molecule has 1 aromatic carbocycles. The minimum atomic E-state index is -0.924. The van der Waals surface area contributed by atoms with E-state index in [4.69, 9.17) is 21.1 Å². The lowest BCUT2D eigenvalue weighted by molar-refractivity contribution is -0.123. The average Bonchev–Trinajstić information content (AvgIpc) is 3.39. The number of nitriles is 1. The van der Waals surface area contributed by atoms with Crippen LogP contribution in [0.25, 0.3) is 0 Å². The van der Waals surface area contributed by atoms with E-state index >= 15 is 0 Å². The number of carbonyl (C=O) groups is 2. The smallest absolute Gasteiger partial charge is 0.408 e. The summed E-state index contributed by atoms with van der Waals surface area (Å²) in [4.78, 5) is 25.0. The molecule has 1 aliphatic rings. The van der Waals surface area contributed by atoms with Crippen molar-refractivity contribution in [1.29, 1.82) is 5.26 Å². The zero-order valence-corrected chi connectivity index (χ0v) is 17.6. The van der Waals surface area contributed by atoms with Gasteiger partial charge in [-0.25, -0.2) is 4.79 Å². The topological polar surface area (TPSA) is 100 Å². The van der Waals surface area contributed by atoms with E-state index in [1.807, 2.05) is 0 Å². The van der Waals surface area contributed by atoms with Crippen molar-refractivity contribution in [3.05, 3.63) is 41.4 Å². The van der Waals surface area contributed by atoms with Crippen LogP contribution in [0.3, 0.4) is 0 Å². The van der Waals surface area contributed by atoms with E-state index in [2.05, 4.69) is 23.3 Å². The van der Waals surface area contributed by atoms with Crippen LogP contribution in [-0.4, -0.2) is 35.8 Å². The molecule has 1 aromatic rings. The van der Waals surface area contributed by atoms with Crippen LogP contribution in [0.5, 0.6) is 5.75 Å². The molecular formula is C21H26ClN3O4. The van der Waals surface area contributed by atoms with E-state index in [-0.39, 0.29) is 6.42 Å². The highest BCUT2D eigenvalue weighted by Crippen LogP contribution is 2.34. The molecule has 8 heteroatoms. The van der Waals surface area contributed by atoms with Crippen LogP contribution in [-0.2, 0) is 16.0 Å². The molecule has 1 fully saturated rings. The van der Waals surface area contributed by atoms with Gasteiger partial charge in [-0.15, -0.1) is 0 Å². The Morgan fingerprint density at radius 3 is 2.62 bits per heavy atom. The first-order valence-corrected chi connectivity index (χ1v) is 9.70. The van der Waals surface area contributed by atoms with Gasteiger partial charge in [0, 0.05) is 6.42 Å². The highest BCUT2D eigenvalue weighted by Gasteiger charge is 2.45. The van der Waals surface area contributed by atoms with Gasteiger partial charge in [-0.3, -0.25) is 4.79 Å². The van der Waals surface area contributed by atoms with Crippen LogP contribution in [0.4, 0.5) is 4.79 Å². The van der Waals surface area contributed by atoms with Crippen molar-refractivity contribution < 1.29 is 19.1 Å². The molecule has 0 heterocycles. The summed E-state index contributed by atoms with van der Waals surface area (Å²) in [5.74, 6) is 0.0517. The van der Waals surface area contributed by atoms with Crippen molar-refractivity contribution in [3.8, 4) is 11.8 Å². The summed E-state index contributed by atoms with van der Waals surface area (Å²) < 4.78 is 10.7. The first kappa shape index (κ1) is 22.6. The lowest BCUT2D eigenvalue weighted by atomic mass is 10.0. The summed E-state index contributed by atoms with van der Waals surface area (Å²) in [5, 5.41) is 14.9. The number of benzene rings is 1. The Morgan fingerprint density at radius 2 is 2.10 bits per heavy atom. The predicted molar refractivity (Wildman–Crippen MR) is 110 cm³/mol. The van der Waals surface area contributed by atoms with Gasteiger partial charge in [0.05, 0.1) is 11.1 Å². The lowest BCUT2D eigenvalue weighted by Crippen LogP contribution is -2.52. The second kappa shape index (κ2) is 9.19. The van der Waals surface area contributed by atoms with E-state index in [9.17, 15) is 14.9 Å². The number of nitrogens with one attached hydrogen (secondary N) is 2. The van der Waals surface area contributed by atoms with Crippen molar-refractivity contribution in [1.82, 2.24) is 10.6 Å². The molecule has 29 heavy (non-hydrogen) atoms. The Kier molecular flexibility index (Phi) is 7.15. The van der Waals surface area contributed by atoms with Crippen LogP contribution in [0.15, 0.2) is 30.9 Å². The zero-order valence-electron chi connectivity index (χ0n) is 16.9. The zero-order chi connectivity index (χ0) is 21.7. The van der Waals surface area contributed by atoms with Gasteiger partial charge >= 0.3 is 6.09 Å². The molecule has 0 saturated heterocycles. The van der Waals surface area contributed by atoms with Crippen molar-refractivity contribution >= 4 is 23.6 Å². The Hall–Kier alpha value is -2.72. The number of carbonyl (C=O) groups excluding carboxylic acids is 2. The van der Waals surface area contributed by atoms with Crippen LogP contribution in [0.1, 0.15) is 39.2 Å². The number of nitrogens with zero attached hydrogens (tertiary/aromatic N) is 1. The fraction of sp³-hybridized carbons (Fsp3) is 0.476. The standard InChI is InChI=1S/C21H26ClN3O4/c1-5-10-28-17-7-6-14(11-15(17)22)12-16(24-19(27)29-20(2,3)4)18(26)25-21(13-23)8-9-21/h5-7,11,16H,1,8-10,12H2,2-4H3,(H,24,27)(H,25,26)/t16-/m0/s1. The third kappa shape index (κ3) is 6.99. The van der Waals surface area contributed by atoms with Crippen LogP contribution >= 0.6 is 11.6 Å². The van der Waals surface area contributed by atoms with Gasteiger partial charge in [0.15, 0.2) is 0 Å². The summed E-state index contributed by atoms with van der Waals surface area (Å²) in [6.07, 6.45) is 2.26. The number of ether oxygens (including phenoxy) is 2. The molecule has 0 bridgehead atoms. The summed E-state index contributed by atoms with van der Waals surface area (Å²) in [5.41, 5.74) is -0.826. The molecule has 1 atom stereocenters. The quantitative estimate of drug-likeness (QED) is 0.628. The number of alkyl carbamates (subject to hydrolysis) is 1. The number of hydrogen-bond acceptors (Lipinski definition) is 5. The number of rotatable bonds is 8. The monoisotopic (exact) mass is 419 g/mol. The molecule has 2 N–H and O–H groups in total. The van der Waals surface area contributed by atoms with Crippen molar-refractivity contribution in [2.45, 2.75) is 57.2 Å². The molecule has 7 nitrogen and oxygen atoms in total. The second-order valence-corrected chi connectivity index (χ2v) is 8.36. The van der Waals surface area contributed by atoms with Gasteiger partial charge in [-0.05, 0) is 51.3 Å². The van der Waals surface area contributed by atoms with Crippen molar-refractivity contribution in [2.24, 2.45) is 0 Å². The van der Waals surface area contributed by atoms with E-state index in [1.54, 1.807) is 45.0 Å². The summed E-state index contributed by atoms with van der Waals surface area (Å²) >= 11 is 6.24. The van der Waals surface area contributed by atoms with Crippen LogP contribution < -0.4 is 15.4 Å². The molecule has 156 valence electrons. The van der Waals surface area contributed by atoms with Crippen LogP contribution in [0, 0.1) is 11.3 Å². The maximum absolute atomic E-state index is 12.8. The fourth-order valence-corrected chi connectivity index (χ4v) is 2.80. The molecular weight excluding hydrogens is 394 g/mol. The second-order valence-electron chi connectivity index (χ2n) is 7.95. The number of halogens is 1. The fourth-order valence-electron chi connectivity index (χ4n) is 2.54. The van der Waals surface area contributed by atoms with Crippen molar-refractivity contribution in [3.63, 3.8) is 0 Å². The molecule has 1 aliphatic carbocycles. The summed E-state index contributed by atoms with van der Waals surface area (Å²) in [6.45, 7) is 9.11. The highest BCUT2D eigenvalue weighted by molar-refractivity contribution is 6.32. The van der Waals surface area contributed by atoms with Gasteiger partial charge < -0.3 is 20.1 Å². The Balaban J connectivity index is 2.14. The van der Waals surface area contributed by atoms with Gasteiger partial charge in [0.2, 0.25) is 5.91 Å². The summed E-state index contributed by atoms with van der Waals surface area (Å²) in [7, 11) is 0. The van der Waals surface area contributed by atoms with Crippen LogP contribution in [0.2, 0.25) is 5.02 Å². The summed E-state index contributed by atoms with van der Waals surface area (Å²) in [6, 6.07) is 6.32. The lowest BCUT2D eigenvalue weighted by Gasteiger charge is -2.24. The largest absolute Gasteiger partial charge is 0.488 e. The first-order valence-electron chi connectivity index (χ1n) is 9.32. The molecule has 0 radical (unpaired) electrons. The molecule has 0 aliphatic heterocycles. The van der Waals surface area contributed by atoms with Crippen molar-refractivity contribution in [2.75, 3.05) is 6.61 Å². The minimum absolute atomic E-state index is 0.175. The molecule has 0 aromatic heterocycles. The van der Waals surface area contributed by atoms with Gasteiger partial charge in [-0.2, -0.15) is 5.26 Å².